The molecule has 2 unspecified atom stereocenters. The highest BCUT2D eigenvalue weighted by Gasteiger charge is 2.44. The highest BCUT2D eigenvalue weighted by atomic mass is 16.5. The van der Waals surface area contributed by atoms with Gasteiger partial charge in [-0.2, -0.15) is 0 Å². The molecule has 3 N–H and O–H groups in total. The number of fused-ring (bicyclic) bond motifs is 3. The lowest BCUT2D eigenvalue weighted by Gasteiger charge is -2.27. The molecule has 2 fully saturated rings. The molecule has 1 saturated heterocycles. The normalized spacial score (nSPS) is 22.3. The maximum Gasteiger partial charge on any atom is 0.407 e. The van der Waals surface area contributed by atoms with Crippen LogP contribution in [-0.2, 0) is 19.1 Å². The van der Waals surface area contributed by atoms with E-state index in [1.165, 1.54) is 11.1 Å². The van der Waals surface area contributed by atoms with Crippen molar-refractivity contribution in [2.45, 2.75) is 62.2 Å². The molecule has 8 heteroatoms. The number of nitrogens with one attached hydrogen (secondary N) is 2. The van der Waals surface area contributed by atoms with Gasteiger partial charge < -0.3 is 25.2 Å². The van der Waals surface area contributed by atoms with Gasteiger partial charge in [-0.1, -0.05) is 61.4 Å². The molecule has 2 atom stereocenters. The molecule has 2 aliphatic carbocycles. The summed E-state index contributed by atoms with van der Waals surface area (Å²) in [6.07, 6.45) is 1.97. The molecule has 2 amide bonds. The summed E-state index contributed by atoms with van der Waals surface area (Å²) in [5.41, 5.74) is 3.45. The fraction of sp³-hybridized carbons (Fsp3) is 0.444. The van der Waals surface area contributed by atoms with Crippen molar-refractivity contribution in [2.24, 2.45) is 0 Å². The van der Waals surface area contributed by atoms with E-state index in [1.807, 2.05) is 24.3 Å². The first kappa shape index (κ1) is 23.4. The van der Waals surface area contributed by atoms with Gasteiger partial charge in [-0.05, 0) is 47.9 Å². The number of carboxylic acid groups (broad SMARTS) is 1. The highest BCUT2D eigenvalue weighted by molar-refractivity contribution is 5.89. The first-order chi connectivity index (χ1) is 17.0. The fourth-order valence-corrected chi connectivity index (χ4v) is 5.58. The topological polar surface area (TPSA) is 114 Å². The predicted molar refractivity (Wildman–Crippen MR) is 128 cm³/mol. The van der Waals surface area contributed by atoms with Crippen LogP contribution < -0.4 is 10.6 Å². The van der Waals surface area contributed by atoms with Crippen molar-refractivity contribution in [1.82, 2.24) is 10.6 Å². The average molecular weight is 479 g/mol. The predicted octanol–water partition coefficient (Wildman–Crippen LogP) is 3.59. The first-order valence-corrected chi connectivity index (χ1v) is 12.3. The standard InChI is InChI=1S/C27H30N2O6/c30-24(29-27(25(31)32)13-5-6-14-27)23-12-11-17(35-23)15-28-26(33)34-16-22-20-9-3-1-7-18(20)19-8-2-4-10-21(19)22/h1-4,7-10,17,22-23H,5-6,11-16H2,(H,28,33)(H,29,30)(H,31,32). The number of hydrogen-bond acceptors (Lipinski definition) is 5. The summed E-state index contributed by atoms with van der Waals surface area (Å²) < 4.78 is 11.4. The van der Waals surface area contributed by atoms with Gasteiger partial charge in [-0.15, -0.1) is 0 Å². The number of amides is 2. The smallest absolute Gasteiger partial charge is 0.407 e. The number of hydrogen-bond donors (Lipinski definition) is 3. The molecule has 0 radical (unpaired) electrons. The van der Waals surface area contributed by atoms with Crippen LogP contribution in [0.25, 0.3) is 11.1 Å². The summed E-state index contributed by atoms with van der Waals surface area (Å²) in [6, 6.07) is 16.3. The molecule has 2 aromatic rings. The van der Waals surface area contributed by atoms with Crippen LogP contribution in [0.3, 0.4) is 0 Å². The van der Waals surface area contributed by atoms with Gasteiger partial charge in [0.2, 0.25) is 5.91 Å². The zero-order valence-corrected chi connectivity index (χ0v) is 19.5. The third-order valence-electron chi connectivity index (χ3n) is 7.45. The van der Waals surface area contributed by atoms with Crippen molar-refractivity contribution in [3.63, 3.8) is 0 Å². The second kappa shape index (κ2) is 9.70. The highest BCUT2D eigenvalue weighted by Crippen LogP contribution is 2.44. The van der Waals surface area contributed by atoms with Crippen LogP contribution in [0, 0.1) is 0 Å². The number of rotatable bonds is 7. The molecular formula is C27H30N2O6. The van der Waals surface area contributed by atoms with Gasteiger partial charge in [0, 0.05) is 12.5 Å². The summed E-state index contributed by atoms with van der Waals surface area (Å²) in [7, 11) is 0. The van der Waals surface area contributed by atoms with Gasteiger partial charge in [-0.3, -0.25) is 4.79 Å². The van der Waals surface area contributed by atoms with Crippen molar-refractivity contribution in [3.05, 3.63) is 59.7 Å². The zero-order chi connectivity index (χ0) is 24.4. The van der Waals surface area contributed by atoms with Crippen molar-refractivity contribution in [1.29, 1.82) is 0 Å². The maximum absolute atomic E-state index is 12.6. The van der Waals surface area contributed by atoms with Gasteiger partial charge >= 0.3 is 12.1 Å². The Morgan fingerprint density at radius 3 is 2.23 bits per heavy atom. The first-order valence-electron chi connectivity index (χ1n) is 12.3. The Bertz CT molecular complexity index is 1080. The Balaban J connectivity index is 1.10. The lowest BCUT2D eigenvalue weighted by Crippen LogP contribution is -2.55. The minimum absolute atomic E-state index is 0.0129. The summed E-state index contributed by atoms with van der Waals surface area (Å²) in [5, 5.41) is 15.0. The maximum atomic E-state index is 12.6. The number of carboxylic acids is 1. The van der Waals surface area contributed by atoms with Crippen LogP contribution in [0.4, 0.5) is 4.79 Å². The summed E-state index contributed by atoms with van der Waals surface area (Å²) in [4.78, 5) is 36.7. The molecule has 1 heterocycles. The van der Waals surface area contributed by atoms with Crippen molar-refractivity contribution >= 4 is 18.0 Å². The molecule has 0 aromatic heterocycles. The van der Waals surface area contributed by atoms with E-state index in [9.17, 15) is 19.5 Å². The third kappa shape index (κ3) is 4.62. The van der Waals surface area contributed by atoms with E-state index in [0.717, 1.165) is 24.0 Å². The number of alkyl carbamates (subject to hydrolysis) is 1. The molecule has 5 rings (SSSR count). The largest absolute Gasteiger partial charge is 0.480 e. The zero-order valence-electron chi connectivity index (χ0n) is 19.5. The van der Waals surface area contributed by atoms with Gasteiger partial charge in [0.1, 0.15) is 18.2 Å². The molecular weight excluding hydrogens is 448 g/mol. The van der Waals surface area contributed by atoms with E-state index in [-0.39, 0.29) is 25.2 Å². The Morgan fingerprint density at radius 1 is 0.971 bits per heavy atom. The minimum atomic E-state index is -1.18. The number of benzene rings is 2. The second-order valence-corrected chi connectivity index (χ2v) is 9.61. The number of ether oxygens (including phenoxy) is 2. The molecule has 3 aliphatic rings. The molecule has 0 bridgehead atoms. The van der Waals surface area contributed by atoms with Crippen LogP contribution in [0.15, 0.2) is 48.5 Å². The van der Waals surface area contributed by atoms with E-state index in [4.69, 9.17) is 9.47 Å². The van der Waals surface area contributed by atoms with E-state index < -0.39 is 29.6 Å². The second-order valence-electron chi connectivity index (χ2n) is 9.61. The Hall–Kier alpha value is -3.39. The molecule has 1 saturated carbocycles. The number of aliphatic carboxylic acids is 1. The number of carbonyl (C=O) groups is 3. The Kier molecular flexibility index (Phi) is 6.47. The monoisotopic (exact) mass is 478 g/mol. The van der Waals surface area contributed by atoms with Gasteiger partial charge in [0.25, 0.3) is 0 Å². The SMILES string of the molecule is O=C(NCC1CCC(C(=O)NC2(C(=O)O)CCCC2)O1)OCC1c2ccccc2-c2ccccc21. The average Bonchev–Trinajstić information content (AvgIpc) is 3.60. The van der Waals surface area contributed by atoms with Crippen LogP contribution in [0.1, 0.15) is 55.6 Å². The summed E-state index contributed by atoms with van der Waals surface area (Å²) in [6.45, 7) is 0.457. The molecule has 8 nitrogen and oxygen atoms in total. The van der Waals surface area contributed by atoms with Crippen LogP contribution in [-0.4, -0.2) is 54.0 Å². The molecule has 1 aliphatic heterocycles. The summed E-state index contributed by atoms with van der Waals surface area (Å²) >= 11 is 0. The van der Waals surface area contributed by atoms with Gasteiger partial charge in [0.05, 0.1) is 6.10 Å². The quantitative estimate of drug-likeness (QED) is 0.561. The lowest BCUT2D eigenvalue weighted by atomic mass is 9.97. The Morgan fingerprint density at radius 2 is 1.60 bits per heavy atom. The fourth-order valence-electron chi connectivity index (χ4n) is 5.58. The van der Waals surface area contributed by atoms with Crippen molar-refractivity contribution in [2.75, 3.05) is 13.2 Å². The lowest BCUT2D eigenvalue weighted by molar-refractivity contribution is -0.149. The van der Waals surface area contributed by atoms with E-state index >= 15 is 0 Å². The molecule has 35 heavy (non-hydrogen) atoms. The van der Waals surface area contributed by atoms with Crippen molar-refractivity contribution < 1.29 is 29.0 Å². The van der Waals surface area contributed by atoms with E-state index in [0.29, 0.717) is 25.7 Å². The molecule has 184 valence electrons. The van der Waals surface area contributed by atoms with E-state index in [1.54, 1.807) is 0 Å². The van der Waals surface area contributed by atoms with Crippen LogP contribution >= 0.6 is 0 Å². The third-order valence-corrected chi connectivity index (χ3v) is 7.45. The van der Waals surface area contributed by atoms with Crippen LogP contribution in [0.5, 0.6) is 0 Å². The van der Waals surface area contributed by atoms with E-state index in [2.05, 4.69) is 34.9 Å². The minimum Gasteiger partial charge on any atom is -0.480 e. The van der Waals surface area contributed by atoms with Crippen LogP contribution in [0.2, 0.25) is 0 Å². The molecule has 2 aromatic carbocycles. The summed E-state index contributed by atoms with van der Waals surface area (Å²) in [5.74, 6) is -1.39. The van der Waals surface area contributed by atoms with Gasteiger partial charge in [-0.25, -0.2) is 9.59 Å². The molecule has 0 spiro atoms. The Labute approximate surface area is 204 Å². The number of carbonyl (C=O) groups excluding carboxylic acids is 2. The van der Waals surface area contributed by atoms with Crippen molar-refractivity contribution in [3.8, 4) is 11.1 Å². The van der Waals surface area contributed by atoms with Gasteiger partial charge in [0.15, 0.2) is 0 Å².